The zero-order valence-electron chi connectivity index (χ0n) is 6.30. The summed E-state index contributed by atoms with van der Waals surface area (Å²) in [5, 5.41) is 2.84. The minimum atomic E-state index is 0.123. The van der Waals surface area contributed by atoms with Crippen molar-refractivity contribution in [1.82, 2.24) is 5.32 Å². The minimum Gasteiger partial charge on any atom is -0.393 e. The molecule has 0 radical (unpaired) electrons. The molecule has 1 fully saturated rings. The number of nitrogens with one attached hydrogen (secondary N) is 1. The first kappa shape index (κ1) is 8.46. The lowest BCUT2D eigenvalue weighted by Crippen LogP contribution is -2.40. The highest BCUT2D eigenvalue weighted by molar-refractivity contribution is 7.80. The SMILES string of the molecule is NC(=S)C[C@@H]1CCCC(=O)N1. The molecule has 0 spiro atoms. The van der Waals surface area contributed by atoms with E-state index in [0.717, 1.165) is 12.8 Å². The van der Waals surface area contributed by atoms with Crippen LogP contribution in [0.15, 0.2) is 0 Å². The lowest BCUT2D eigenvalue weighted by Gasteiger charge is -2.22. The molecule has 0 unspecified atom stereocenters. The fraction of sp³-hybridized carbons (Fsp3) is 0.714. The Morgan fingerprint density at radius 3 is 3.09 bits per heavy atom. The third-order valence-electron chi connectivity index (χ3n) is 1.77. The Labute approximate surface area is 71.3 Å². The van der Waals surface area contributed by atoms with Gasteiger partial charge in [0.1, 0.15) is 0 Å². The van der Waals surface area contributed by atoms with Gasteiger partial charge in [-0.25, -0.2) is 0 Å². The molecule has 0 saturated carbocycles. The minimum absolute atomic E-state index is 0.123. The lowest BCUT2D eigenvalue weighted by atomic mass is 10.0. The molecule has 0 aromatic carbocycles. The van der Waals surface area contributed by atoms with Crippen LogP contribution in [0.2, 0.25) is 0 Å². The number of carbonyl (C=O) groups excluding carboxylic acids is 1. The van der Waals surface area contributed by atoms with Gasteiger partial charge in [-0.1, -0.05) is 12.2 Å². The summed E-state index contributed by atoms with van der Waals surface area (Å²) in [4.78, 5) is 11.3. The fourth-order valence-corrected chi connectivity index (χ4v) is 1.48. The molecule has 1 aliphatic rings. The second kappa shape index (κ2) is 3.67. The summed E-state index contributed by atoms with van der Waals surface area (Å²) in [5.41, 5.74) is 5.35. The Hall–Kier alpha value is -0.640. The number of amides is 1. The molecular weight excluding hydrogens is 160 g/mol. The van der Waals surface area contributed by atoms with Crippen molar-refractivity contribution in [3.05, 3.63) is 0 Å². The summed E-state index contributed by atoms with van der Waals surface area (Å²) in [5.74, 6) is 0.123. The van der Waals surface area contributed by atoms with Crippen molar-refractivity contribution in [2.24, 2.45) is 5.73 Å². The molecule has 4 heteroatoms. The van der Waals surface area contributed by atoms with Crippen LogP contribution in [0.4, 0.5) is 0 Å². The number of piperidine rings is 1. The summed E-state index contributed by atoms with van der Waals surface area (Å²) < 4.78 is 0. The van der Waals surface area contributed by atoms with E-state index >= 15 is 0 Å². The zero-order chi connectivity index (χ0) is 8.27. The lowest BCUT2D eigenvalue weighted by molar-refractivity contribution is -0.123. The first-order valence-electron chi connectivity index (χ1n) is 3.76. The second-order valence-electron chi connectivity index (χ2n) is 2.83. The first-order chi connectivity index (χ1) is 5.18. The van der Waals surface area contributed by atoms with E-state index in [1.165, 1.54) is 0 Å². The molecule has 1 saturated heterocycles. The number of thiocarbonyl (C=S) groups is 1. The van der Waals surface area contributed by atoms with E-state index in [4.69, 9.17) is 18.0 Å². The zero-order valence-corrected chi connectivity index (χ0v) is 7.12. The summed E-state index contributed by atoms with van der Waals surface area (Å²) in [7, 11) is 0. The van der Waals surface area contributed by atoms with Gasteiger partial charge < -0.3 is 11.1 Å². The number of hydrogen-bond donors (Lipinski definition) is 2. The van der Waals surface area contributed by atoms with Crippen LogP contribution in [0.5, 0.6) is 0 Å². The standard InChI is InChI=1S/C7H12N2OS/c8-6(11)4-5-2-1-3-7(10)9-5/h5H,1-4H2,(H2,8,11)(H,9,10)/t5-/m0/s1. The van der Waals surface area contributed by atoms with E-state index in [-0.39, 0.29) is 11.9 Å². The van der Waals surface area contributed by atoms with Crippen LogP contribution in [-0.4, -0.2) is 16.9 Å². The van der Waals surface area contributed by atoms with Crippen molar-refractivity contribution in [2.75, 3.05) is 0 Å². The van der Waals surface area contributed by atoms with Crippen molar-refractivity contribution in [1.29, 1.82) is 0 Å². The van der Waals surface area contributed by atoms with Crippen molar-refractivity contribution in [2.45, 2.75) is 31.7 Å². The second-order valence-corrected chi connectivity index (χ2v) is 3.35. The van der Waals surface area contributed by atoms with Gasteiger partial charge in [0.15, 0.2) is 0 Å². The van der Waals surface area contributed by atoms with Crippen molar-refractivity contribution < 1.29 is 4.79 Å². The molecule has 3 N–H and O–H groups in total. The molecule has 0 bridgehead atoms. The van der Waals surface area contributed by atoms with Crippen LogP contribution in [0.25, 0.3) is 0 Å². The molecule has 62 valence electrons. The number of nitrogens with two attached hydrogens (primary N) is 1. The number of rotatable bonds is 2. The molecule has 0 aliphatic carbocycles. The normalized spacial score (nSPS) is 24.4. The Balaban J connectivity index is 2.34. The molecule has 1 rings (SSSR count). The average molecular weight is 172 g/mol. The van der Waals surface area contributed by atoms with Crippen LogP contribution in [0, 0.1) is 0 Å². The van der Waals surface area contributed by atoms with Gasteiger partial charge in [-0.15, -0.1) is 0 Å². The van der Waals surface area contributed by atoms with Gasteiger partial charge in [-0.05, 0) is 12.8 Å². The molecule has 1 atom stereocenters. The molecular formula is C7H12N2OS. The highest BCUT2D eigenvalue weighted by Crippen LogP contribution is 2.10. The van der Waals surface area contributed by atoms with E-state index in [9.17, 15) is 4.79 Å². The molecule has 11 heavy (non-hydrogen) atoms. The van der Waals surface area contributed by atoms with E-state index in [2.05, 4.69) is 5.32 Å². The van der Waals surface area contributed by atoms with Gasteiger partial charge in [0, 0.05) is 18.9 Å². The molecule has 1 aliphatic heterocycles. The van der Waals surface area contributed by atoms with E-state index < -0.39 is 0 Å². The Bertz CT molecular complexity index is 179. The first-order valence-corrected chi connectivity index (χ1v) is 4.17. The largest absolute Gasteiger partial charge is 0.393 e. The fourth-order valence-electron chi connectivity index (χ4n) is 1.28. The topological polar surface area (TPSA) is 55.1 Å². The summed E-state index contributed by atoms with van der Waals surface area (Å²) >= 11 is 4.74. The van der Waals surface area contributed by atoms with E-state index in [0.29, 0.717) is 17.8 Å². The number of hydrogen-bond acceptors (Lipinski definition) is 2. The van der Waals surface area contributed by atoms with Gasteiger partial charge >= 0.3 is 0 Å². The Morgan fingerprint density at radius 1 is 1.82 bits per heavy atom. The van der Waals surface area contributed by atoms with Gasteiger partial charge in [0.2, 0.25) is 5.91 Å². The molecule has 1 amide bonds. The predicted octanol–water partition coefficient (Wildman–Crippen LogP) is 0.331. The van der Waals surface area contributed by atoms with E-state index in [1.807, 2.05) is 0 Å². The molecule has 1 heterocycles. The van der Waals surface area contributed by atoms with Gasteiger partial charge in [-0.2, -0.15) is 0 Å². The third-order valence-corrected chi connectivity index (χ3v) is 1.94. The van der Waals surface area contributed by atoms with Crippen molar-refractivity contribution >= 4 is 23.1 Å². The van der Waals surface area contributed by atoms with Crippen LogP contribution in [0.1, 0.15) is 25.7 Å². The van der Waals surface area contributed by atoms with E-state index in [1.54, 1.807) is 0 Å². The van der Waals surface area contributed by atoms with Crippen LogP contribution >= 0.6 is 12.2 Å². The van der Waals surface area contributed by atoms with Gasteiger partial charge in [0.25, 0.3) is 0 Å². The molecule has 0 aromatic rings. The van der Waals surface area contributed by atoms with Gasteiger partial charge in [-0.3, -0.25) is 4.79 Å². The molecule has 0 aromatic heterocycles. The van der Waals surface area contributed by atoms with Crippen molar-refractivity contribution in [3.63, 3.8) is 0 Å². The highest BCUT2D eigenvalue weighted by Gasteiger charge is 2.17. The van der Waals surface area contributed by atoms with Crippen LogP contribution in [0.3, 0.4) is 0 Å². The number of carbonyl (C=O) groups is 1. The predicted molar refractivity (Wildman–Crippen MR) is 47.2 cm³/mol. The van der Waals surface area contributed by atoms with Crippen LogP contribution < -0.4 is 11.1 Å². The summed E-state index contributed by atoms with van der Waals surface area (Å²) in [6.07, 6.45) is 3.25. The maximum Gasteiger partial charge on any atom is 0.220 e. The third kappa shape index (κ3) is 2.84. The molecule has 3 nitrogen and oxygen atoms in total. The highest BCUT2D eigenvalue weighted by atomic mass is 32.1. The Kier molecular flexibility index (Phi) is 2.82. The summed E-state index contributed by atoms with van der Waals surface area (Å²) in [6, 6.07) is 0.189. The summed E-state index contributed by atoms with van der Waals surface area (Å²) in [6.45, 7) is 0. The average Bonchev–Trinajstić information content (AvgIpc) is 1.85. The van der Waals surface area contributed by atoms with Crippen LogP contribution in [-0.2, 0) is 4.79 Å². The quantitative estimate of drug-likeness (QED) is 0.590. The maximum atomic E-state index is 10.9. The van der Waals surface area contributed by atoms with Gasteiger partial charge in [0.05, 0.1) is 4.99 Å². The van der Waals surface area contributed by atoms with Crippen molar-refractivity contribution in [3.8, 4) is 0 Å². The maximum absolute atomic E-state index is 10.9. The monoisotopic (exact) mass is 172 g/mol. The smallest absolute Gasteiger partial charge is 0.220 e. The Morgan fingerprint density at radius 2 is 2.55 bits per heavy atom.